The second-order valence-corrected chi connectivity index (χ2v) is 6.89. The lowest BCUT2D eigenvalue weighted by Crippen LogP contribution is -2.53. The highest BCUT2D eigenvalue weighted by Crippen LogP contribution is 2.38. The fourth-order valence-electron chi connectivity index (χ4n) is 3.60. The Kier molecular flexibility index (Phi) is 6.12. The maximum absolute atomic E-state index is 13.0. The second kappa shape index (κ2) is 7.72. The first-order chi connectivity index (χ1) is 11.0. The van der Waals surface area contributed by atoms with Crippen molar-refractivity contribution in [1.82, 2.24) is 15.1 Å². The van der Waals surface area contributed by atoms with Gasteiger partial charge in [-0.05, 0) is 24.6 Å². The molecule has 0 aromatic heterocycles. The van der Waals surface area contributed by atoms with Crippen LogP contribution in [-0.2, 0) is 9.59 Å². The Morgan fingerprint density at radius 2 is 2.12 bits per heavy atom. The van der Waals surface area contributed by atoms with Crippen molar-refractivity contribution >= 4 is 35.8 Å². The smallest absolute Gasteiger partial charge is 0.228 e. The van der Waals surface area contributed by atoms with Crippen LogP contribution in [0.5, 0.6) is 0 Å². The number of hydrogen-bond donors (Lipinski definition) is 1. The lowest BCUT2D eigenvalue weighted by Gasteiger charge is -2.35. The Hall–Kier alpha value is -1.30. The molecular formula is C17H23Cl2N3O2. The van der Waals surface area contributed by atoms with Crippen LogP contribution in [0.4, 0.5) is 0 Å². The van der Waals surface area contributed by atoms with Crippen LogP contribution in [-0.4, -0.2) is 54.3 Å². The Morgan fingerprint density at radius 3 is 2.79 bits per heavy atom. The van der Waals surface area contributed by atoms with Gasteiger partial charge < -0.3 is 15.1 Å². The molecule has 2 aliphatic rings. The van der Waals surface area contributed by atoms with E-state index >= 15 is 0 Å². The van der Waals surface area contributed by atoms with E-state index in [9.17, 15) is 9.59 Å². The summed E-state index contributed by atoms with van der Waals surface area (Å²) in [7, 11) is 1.77. The zero-order valence-corrected chi connectivity index (χ0v) is 15.4. The molecule has 3 unspecified atom stereocenters. The van der Waals surface area contributed by atoms with Gasteiger partial charge in [0.1, 0.15) is 0 Å². The predicted octanol–water partition coefficient (Wildman–Crippen LogP) is 2.10. The molecule has 3 atom stereocenters. The SMILES string of the molecule is CC1CN(C(=O)C2CC(=O)N(C)C2c2cccc(Cl)c2)CCN1.Cl. The van der Waals surface area contributed by atoms with Crippen molar-refractivity contribution in [2.45, 2.75) is 25.4 Å². The number of nitrogens with one attached hydrogen (secondary N) is 1. The van der Waals surface area contributed by atoms with Gasteiger partial charge in [0.05, 0.1) is 12.0 Å². The number of piperazine rings is 1. The summed E-state index contributed by atoms with van der Waals surface area (Å²) < 4.78 is 0. The lowest BCUT2D eigenvalue weighted by molar-refractivity contribution is -0.137. The summed E-state index contributed by atoms with van der Waals surface area (Å²) in [4.78, 5) is 28.8. The molecule has 0 aliphatic carbocycles. The van der Waals surface area contributed by atoms with Crippen molar-refractivity contribution in [1.29, 1.82) is 0 Å². The number of halogens is 2. The van der Waals surface area contributed by atoms with E-state index in [1.54, 1.807) is 18.0 Å². The number of carbonyl (C=O) groups excluding carboxylic acids is 2. The molecule has 7 heteroatoms. The molecule has 2 amide bonds. The van der Waals surface area contributed by atoms with Crippen molar-refractivity contribution < 1.29 is 9.59 Å². The maximum atomic E-state index is 13.0. The number of hydrogen-bond acceptors (Lipinski definition) is 3. The number of amides is 2. The molecule has 1 aromatic rings. The minimum atomic E-state index is -0.337. The zero-order valence-electron chi connectivity index (χ0n) is 13.9. The Morgan fingerprint density at radius 1 is 1.38 bits per heavy atom. The normalized spacial score (nSPS) is 27.1. The van der Waals surface area contributed by atoms with E-state index in [1.165, 1.54) is 0 Å². The third kappa shape index (κ3) is 3.68. The van der Waals surface area contributed by atoms with Crippen LogP contribution in [0.1, 0.15) is 24.9 Å². The van der Waals surface area contributed by atoms with Crippen LogP contribution >= 0.6 is 24.0 Å². The van der Waals surface area contributed by atoms with Gasteiger partial charge in [0.15, 0.2) is 0 Å². The molecule has 24 heavy (non-hydrogen) atoms. The van der Waals surface area contributed by atoms with Crippen molar-refractivity contribution in [2.75, 3.05) is 26.7 Å². The fourth-order valence-corrected chi connectivity index (χ4v) is 3.80. The average Bonchev–Trinajstić information content (AvgIpc) is 2.82. The molecule has 0 bridgehead atoms. The molecule has 2 aliphatic heterocycles. The number of rotatable bonds is 2. The summed E-state index contributed by atoms with van der Waals surface area (Å²) in [6.07, 6.45) is 0.269. The second-order valence-electron chi connectivity index (χ2n) is 6.45. The number of benzene rings is 1. The van der Waals surface area contributed by atoms with Crippen molar-refractivity contribution in [2.24, 2.45) is 5.92 Å². The van der Waals surface area contributed by atoms with E-state index in [-0.39, 0.29) is 48.6 Å². The first-order valence-electron chi connectivity index (χ1n) is 8.00. The van der Waals surface area contributed by atoms with E-state index < -0.39 is 0 Å². The fraction of sp³-hybridized carbons (Fsp3) is 0.529. The molecule has 2 fully saturated rings. The van der Waals surface area contributed by atoms with Gasteiger partial charge in [0, 0.05) is 44.2 Å². The van der Waals surface area contributed by atoms with Crippen molar-refractivity contribution in [3.8, 4) is 0 Å². The molecule has 1 N–H and O–H groups in total. The van der Waals surface area contributed by atoms with Crippen LogP contribution in [0.3, 0.4) is 0 Å². The van der Waals surface area contributed by atoms with E-state index in [0.29, 0.717) is 18.1 Å². The molecular weight excluding hydrogens is 349 g/mol. The summed E-state index contributed by atoms with van der Waals surface area (Å²) in [5, 5.41) is 3.96. The Labute approximate surface area is 153 Å². The van der Waals surface area contributed by atoms with Crippen molar-refractivity contribution in [3.05, 3.63) is 34.9 Å². The van der Waals surface area contributed by atoms with E-state index in [1.807, 2.05) is 23.1 Å². The molecule has 5 nitrogen and oxygen atoms in total. The number of likely N-dealkylation sites (tertiary alicyclic amines) is 1. The quantitative estimate of drug-likeness (QED) is 0.865. The zero-order chi connectivity index (χ0) is 16.6. The predicted molar refractivity (Wildman–Crippen MR) is 96.4 cm³/mol. The van der Waals surface area contributed by atoms with Gasteiger partial charge in [-0.2, -0.15) is 0 Å². The first kappa shape index (κ1) is 19.0. The first-order valence-corrected chi connectivity index (χ1v) is 8.38. The van der Waals surface area contributed by atoms with Gasteiger partial charge in [-0.15, -0.1) is 12.4 Å². The maximum Gasteiger partial charge on any atom is 0.228 e. The summed E-state index contributed by atoms with van der Waals surface area (Å²) in [6, 6.07) is 7.50. The molecule has 0 saturated carbocycles. The topological polar surface area (TPSA) is 52.7 Å². The van der Waals surface area contributed by atoms with E-state index in [2.05, 4.69) is 12.2 Å². The largest absolute Gasteiger partial charge is 0.340 e. The van der Waals surface area contributed by atoms with Gasteiger partial charge >= 0.3 is 0 Å². The minimum absolute atomic E-state index is 0. The number of nitrogens with zero attached hydrogens (tertiary/aromatic N) is 2. The monoisotopic (exact) mass is 371 g/mol. The lowest BCUT2D eigenvalue weighted by atomic mass is 9.92. The molecule has 132 valence electrons. The van der Waals surface area contributed by atoms with Gasteiger partial charge in [-0.25, -0.2) is 0 Å². The summed E-state index contributed by atoms with van der Waals surface area (Å²) >= 11 is 6.10. The van der Waals surface area contributed by atoms with Crippen LogP contribution in [0.25, 0.3) is 0 Å². The van der Waals surface area contributed by atoms with Crippen LogP contribution in [0, 0.1) is 5.92 Å². The molecule has 1 aromatic carbocycles. The van der Waals surface area contributed by atoms with Gasteiger partial charge in [0.2, 0.25) is 11.8 Å². The van der Waals surface area contributed by atoms with Gasteiger partial charge in [0.25, 0.3) is 0 Å². The van der Waals surface area contributed by atoms with Gasteiger partial charge in [-0.1, -0.05) is 23.7 Å². The van der Waals surface area contributed by atoms with Crippen LogP contribution in [0.15, 0.2) is 24.3 Å². The third-order valence-corrected chi connectivity index (χ3v) is 5.01. The minimum Gasteiger partial charge on any atom is -0.340 e. The molecule has 0 spiro atoms. The highest BCUT2D eigenvalue weighted by molar-refractivity contribution is 6.30. The highest BCUT2D eigenvalue weighted by atomic mass is 35.5. The average molecular weight is 372 g/mol. The standard InChI is InChI=1S/C17H22ClN3O2.ClH/c1-11-10-21(7-6-19-11)17(23)14-9-15(22)20(2)16(14)12-4-3-5-13(18)8-12;/h3-5,8,11,14,16,19H,6-7,9-10H2,1-2H3;1H. The summed E-state index contributed by atoms with van der Waals surface area (Å²) in [5.41, 5.74) is 0.924. The summed E-state index contributed by atoms with van der Waals surface area (Å²) in [5.74, 6) is -0.256. The molecule has 2 heterocycles. The van der Waals surface area contributed by atoms with Crippen molar-refractivity contribution in [3.63, 3.8) is 0 Å². The molecule has 3 rings (SSSR count). The Bertz CT molecular complexity index is 626. The number of carbonyl (C=O) groups is 2. The Balaban J connectivity index is 0.00000208. The molecule has 2 saturated heterocycles. The van der Waals surface area contributed by atoms with E-state index in [0.717, 1.165) is 12.1 Å². The van der Waals surface area contributed by atoms with Crippen LogP contribution in [0.2, 0.25) is 5.02 Å². The summed E-state index contributed by atoms with van der Waals surface area (Å²) in [6.45, 7) is 4.25. The molecule has 0 radical (unpaired) electrons. The third-order valence-electron chi connectivity index (χ3n) is 4.77. The highest BCUT2D eigenvalue weighted by Gasteiger charge is 2.44. The van der Waals surface area contributed by atoms with E-state index in [4.69, 9.17) is 11.6 Å². The van der Waals surface area contributed by atoms with Gasteiger partial charge in [-0.3, -0.25) is 9.59 Å². The van der Waals surface area contributed by atoms with Crippen LogP contribution < -0.4 is 5.32 Å².